The maximum atomic E-state index is 11.9. The second kappa shape index (κ2) is 10.0. The molecule has 7 nitrogen and oxygen atoms in total. The highest BCUT2D eigenvalue weighted by atomic mass is 79.9. The number of guanidine groups is 1. The maximum absolute atomic E-state index is 11.9. The Hall–Kier alpha value is -2.09. The van der Waals surface area contributed by atoms with Crippen LogP contribution in [0.1, 0.15) is 27.2 Å². The van der Waals surface area contributed by atoms with Crippen molar-refractivity contribution in [3.8, 4) is 0 Å². The number of carbonyl (C=O) groups excluding carboxylic acids is 2. The molecular weight excluding hydrogens is 386 g/mol. The van der Waals surface area contributed by atoms with Gasteiger partial charge in [0.2, 0.25) is 11.8 Å². The summed E-state index contributed by atoms with van der Waals surface area (Å²) in [6.45, 7) is 6.27. The van der Waals surface area contributed by atoms with E-state index in [1.807, 2.05) is 45.0 Å². The van der Waals surface area contributed by atoms with Crippen LogP contribution in [0.25, 0.3) is 0 Å². The van der Waals surface area contributed by atoms with Gasteiger partial charge in [0.15, 0.2) is 5.96 Å². The second-order valence-corrected chi connectivity index (χ2v) is 7.37. The monoisotopic (exact) mass is 411 g/mol. The minimum Gasteiger partial charge on any atom is -0.356 e. The van der Waals surface area contributed by atoms with Crippen molar-refractivity contribution in [2.45, 2.75) is 32.7 Å². The van der Waals surface area contributed by atoms with Crippen LogP contribution in [0.15, 0.2) is 33.7 Å². The SMILES string of the molecule is CN=C(NCCC(=O)Nc1ccc(Br)cc1)NCC(=O)NC(C)(C)C. The highest BCUT2D eigenvalue weighted by molar-refractivity contribution is 9.10. The summed E-state index contributed by atoms with van der Waals surface area (Å²) in [6, 6.07) is 7.37. The highest BCUT2D eigenvalue weighted by Gasteiger charge is 2.13. The molecule has 0 bridgehead atoms. The molecule has 4 N–H and O–H groups in total. The van der Waals surface area contributed by atoms with Crippen molar-refractivity contribution in [3.05, 3.63) is 28.7 Å². The summed E-state index contributed by atoms with van der Waals surface area (Å²) in [5, 5.41) is 11.6. The molecule has 0 heterocycles. The zero-order valence-electron chi connectivity index (χ0n) is 15.1. The van der Waals surface area contributed by atoms with Gasteiger partial charge in [-0.25, -0.2) is 0 Å². The Kier molecular flexibility index (Phi) is 8.40. The summed E-state index contributed by atoms with van der Waals surface area (Å²) in [4.78, 5) is 27.7. The third kappa shape index (κ3) is 9.71. The first-order valence-corrected chi connectivity index (χ1v) is 8.80. The fraction of sp³-hybridized carbons (Fsp3) is 0.471. The van der Waals surface area contributed by atoms with Gasteiger partial charge in [-0.1, -0.05) is 15.9 Å². The molecule has 0 fully saturated rings. The number of anilines is 1. The minimum atomic E-state index is -0.277. The molecule has 1 aromatic carbocycles. The molecule has 0 saturated heterocycles. The Morgan fingerprint density at radius 2 is 1.72 bits per heavy atom. The lowest BCUT2D eigenvalue weighted by Gasteiger charge is -2.21. The molecule has 25 heavy (non-hydrogen) atoms. The number of nitrogens with one attached hydrogen (secondary N) is 4. The van der Waals surface area contributed by atoms with Crippen molar-refractivity contribution in [2.24, 2.45) is 4.99 Å². The molecule has 0 aromatic heterocycles. The van der Waals surface area contributed by atoms with Gasteiger partial charge in [-0.2, -0.15) is 0 Å². The van der Waals surface area contributed by atoms with Gasteiger partial charge >= 0.3 is 0 Å². The number of benzene rings is 1. The molecule has 0 aliphatic heterocycles. The molecule has 8 heteroatoms. The third-order valence-electron chi connectivity index (χ3n) is 2.93. The zero-order chi connectivity index (χ0) is 18.9. The molecule has 0 aliphatic rings. The topological polar surface area (TPSA) is 94.6 Å². The van der Waals surface area contributed by atoms with Crippen LogP contribution in [0.3, 0.4) is 0 Å². The number of aliphatic imine (C=N–C) groups is 1. The van der Waals surface area contributed by atoms with Gasteiger partial charge in [0.05, 0.1) is 6.54 Å². The second-order valence-electron chi connectivity index (χ2n) is 6.46. The van der Waals surface area contributed by atoms with E-state index in [1.54, 1.807) is 7.05 Å². The number of hydrogen-bond acceptors (Lipinski definition) is 3. The molecule has 0 aliphatic carbocycles. The molecule has 0 unspecified atom stereocenters. The Balaban J connectivity index is 2.29. The van der Waals surface area contributed by atoms with E-state index in [2.05, 4.69) is 42.2 Å². The summed E-state index contributed by atoms with van der Waals surface area (Å²) in [7, 11) is 1.61. The lowest BCUT2D eigenvalue weighted by molar-refractivity contribution is -0.121. The Labute approximate surface area is 157 Å². The maximum Gasteiger partial charge on any atom is 0.239 e. The first-order valence-electron chi connectivity index (χ1n) is 8.00. The van der Waals surface area contributed by atoms with Crippen molar-refractivity contribution in [3.63, 3.8) is 0 Å². The number of hydrogen-bond donors (Lipinski definition) is 4. The summed E-state index contributed by atoms with van der Waals surface area (Å²) in [6.07, 6.45) is 0.283. The van der Waals surface area contributed by atoms with Crippen LogP contribution in [0, 0.1) is 0 Å². The van der Waals surface area contributed by atoms with Crippen LogP contribution in [0.2, 0.25) is 0 Å². The summed E-state index contributed by atoms with van der Waals surface area (Å²) >= 11 is 3.35. The molecule has 0 spiro atoms. The van der Waals surface area contributed by atoms with Crippen molar-refractivity contribution < 1.29 is 9.59 Å². The smallest absolute Gasteiger partial charge is 0.239 e. The Morgan fingerprint density at radius 3 is 2.28 bits per heavy atom. The predicted molar refractivity (Wildman–Crippen MR) is 105 cm³/mol. The lowest BCUT2D eigenvalue weighted by Crippen LogP contribution is -2.48. The van der Waals surface area contributed by atoms with Crippen LogP contribution < -0.4 is 21.3 Å². The predicted octanol–water partition coefficient (Wildman–Crippen LogP) is 1.86. The van der Waals surface area contributed by atoms with Crippen LogP contribution >= 0.6 is 15.9 Å². The van der Waals surface area contributed by atoms with Gasteiger partial charge in [0.25, 0.3) is 0 Å². The van der Waals surface area contributed by atoms with Gasteiger partial charge in [0.1, 0.15) is 0 Å². The van der Waals surface area contributed by atoms with Gasteiger partial charge in [-0.15, -0.1) is 0 Å². The number of rotatable bonds is 6. The molecule has 0 atom stereocenters. The van der Waals surface area contributed by atoms with Crippen molar-refractivity contribution in [1.82, 2.24) is 16.0 Å². The average molecular weight is 412 g/mol. The average Bonchev–Trinajstić information content (AvgIpc) is 2.51. The molecule has 0 saturated carbocycles. The van der Waals surface area contributed by atoms with Crippen molar-refractivity contribution >= 4 is 39.4 Å². The standard InChI is InChI=1S/C17H26BrN5O2/c1-17(2,3)23-15(25)11-21-16(19-4)20-10-9-14(24)22-13-7-5-12(18)6-8-13/h5-8H,9-11H2,1-4H3,(H,22,24)(H,23,25)(H2,19,20,21). The third-order valence-corrected chi connectivity index (χ3v) is 3.46. The van der Waals surface area contributed by atoms with E-state index < -0.39 is 0 Å². The summed E-state index contributed by atoms with van der Waals surface area (Å²) in [5.41, 5.74) is 0.468. The van der Waals surface area contributed by atoms with E-state index in [0.29, 0.717) is 12.5 Å². The minimum absolute atomic E-state index is 0.101. The molecular formula is C17H26BrN5O2. The van der Waals surface area contributed by atoms with Crippen LogP contribution in [0.4, 0.5) is 5.69 Å². The number of carbonyl (C=O) groups is 2. The van der Waals surface area contributed by atoms with Gasteiger partial charge < -0.3 is 21.3 Å². The first kappa shape index (κ1) is 21.0. The fourth-order valence-electron chi connectivity index (χ4n) is 1.90. The Bertz CT molecular complexity index is 608. The number of nitrogens with zero attached hydrogens (tertiary/aromatic N) is 1. The quantitative estimate of drug-likeness (QED) is 0.424. The van der Waals surface area contributed by atoms with Crippen LogP contribution in [-0.2, 0) is 9.59 Å². The number of amides is 2. The Morgan fingerprint density at radius 1 is 1.08 bits per heavy atom. The largest absolute Gasteiger partial charge is 0.356 e. The van der Waals surface area contributed by atoms with Gasteiger partial charge in [0, 0.05) is 35.7 Å². The van der Waals surface area contributed by atoms with E-state index in [4.69, 9.17) is 0 Å². The number of halogens is 1. The van der Waals surface area contributed by atoms with Crippen LogP contribution in [-0.4, -0.2) is 43.5 Å². The fourth-order valence-corrected chi connectivity index (χ4v) is 2.16. The van der Waals surface area contributed by atoms with Crippen molar-refractivity contribution in [2.75, 3.05) is 25.5 Å². The lowest BCUT2D eigenvalue weighted by atomic mass is 10.1. The van der Waals surface area contributed by atoms with Gasteiger partial charge in [-0.3, -0.25) is 14.6 Å². The molecule has 1 rings (SSSR count). The summed E-state index contributed by atoms with van der Waals surface area (Å²) < 4.78 is 0.956. The molecule has 2 amide bonds. The van der Waals surface area contributed by atoms with E-state index in [1.165, 1.54) is 0 Å². The molecule has 1 aromatic rings. The molecule has 138 valence electrons. The van der Waals surface area contributed by atoms with Gasteiger partial charge in [-0.05, 0) is 45.0 Å². The van der Waals surface area contributed by atoms with Crippen molar-refractivity contribution in [1.29, 1.82) is 0 Å². The first-order chi connectivity index (χ1) is 11.7. The van der Waals surface area contributed by atoms with E-state index in [9.17, 15) is 9.59 Å². The van der Waals surface area contributed by atoms with E-state index >= 15 is 0 Å². The summed E-state index contributed by atoms with van der Waals surface area (Å²) in [5.74, 6) is 0.250. The van der Waals surface area contributed by atoms with Crippen LogP contribution in [0.5, 0.6) is 0 Å². The zero-order valence-corrected chi connectivity index (χ0v) is 16.7. The van der Waals surface area contributed by atoms with E-state index in [-0.39, 0.29) is 30.3 Å². The highest BCUT2D eigenvalue weighted by Crippen LogP contribution is 2.14. The van der Waals surface area contributed by atoms with E-state index in [0.717, 1.165) is 10.2 Å². The normalized spacial score (nSPS) is 11.6. The molecule has 0 radical (unpaired) electrons.